The monoisotopic (exact) mass is 301 g/mol. The Kier molecular flexibility index (Phi) is 4.93. The molecule has 6 heteroatoms. The Morgan fingerprint density at radius 1 is 1.10 bits per heavy atom. The Hall–Kier alpha value is -1.30. The summed E-state index contributed by atoms with van der Waals surface area (Å²) in [5, 5.41) is 9.75. The highest BCUT2D eigenvalue weighted by atomic mass is 16.6. The van der Waals surface area contributed by atoms with Crippen LogP contribution in [0.5, 0.6) is 0 Å². The average Bonchev–Trinajstić information content (AvgIpc) is 2.68. The van der Waals surface area contributed by atoms with Crippen molar-refractivity contribution in [3.8, 4) is 0 Å². The molecule has 0 aromatic heterocycles. The molecule has 0 bridgehead atoms. The predicted octanol–water partition coefficient (Wildman–Crippen LogP) is 2.09. The predicted molar refractivity (Wildman–Crippen MR) is 77.8 cm³/mol. The fourth-order valence-electron chi connectivity index (χ4n) is 2.28. The molecule has 1 aliphatic rings. The van der Waals surface area contributed by atoms with E-state index in [0.29, 0.717) is 19.4 Å². The molecule has 1 aliphatic heterocycles. The summed E-state index contributed by atoms with van der Waals surface area (Å²) in [4.78, 5) is 26.1. The van der Waals surface area contributed by atoms with E-state index in [1.807, 2.05) is 0 Å². The van der Waals surface area contributed by atoms with Crippen molar-refractivity contribution in [3.05, 3.63) is 0 Å². The van der Waals surface area contributed by atoms with Crippen molar-refractivity contribution in [1.82, 2.24) is 4.90 Å². The number of rotatable bonds is 2. The summed E-state index contributed by atoms with van der Waals surface area (Å²) in [6.45, 7) is 10.4. The Morgan fingerprint density at radius 2 is 1.62 bits per heavy atom. The lowest BCUT2D eigenvalue weighted by Gasteiger charge is -2.37. The molecule has 1 heterocycles. The number of carbonyl (C=O) groups excluding carboxylic acids is 2. The molecule has 0 aromatic carbocycles. The molecule has 1 N–H and O–H groups in total. The van der Waals surface area contributed by atoms with E-state index in [1.54, 1.807) is 41.5 Å². The number of amides is 1. The third-order valence-corrected chi connectivity index (χ3v) is 3.14. The highest BCUT2D eigenvalue weighted by molar-refractivity contribution is 5.87. The van der Waals surface area contributed by atoms with Gasteiger partial charge < -0.3 is 14.6 Å². The number of aliphatic hydroxyl groups is 1. The van der Waals surface area contributed by atoms with Crippen molar-refractivity contribution in [2.45, 2.75) is 71.1 Å². The minimum absolute atomic E-state index is 0.370. The van der Waals surface area contributed by atoms with Crippen LogP contribution in [0.4, 0.5) is 4.79 Å². The van der Waals surface area contributed by atoms with Crippen molar-refractivity contribution in [2.75, 3.05) is 13.2 Å². The van der Waals surface area contributed by atoms with Crippen molar-refractivity contribution in [1.29, 1.82) is 0 Å². The normalized spacial score (nSPS) is 23.1. The molecule has 0 unspecified atom stereocenters. The van der Waals surface area contributed by atoms with Crippen molar-refractivity contribution in [2.24, 2.45) is 0 Å². The largest absolute Gasteiger partial charge is 0.458 e. The van der Waals surface area contributed by atoms with Gasteiger partial charge in [-0.3, -0.25) is 4.90 Å². The minimum atomic E-state index is -1.34. The van der Waals surface area contributed by atoms with E-state index in [1.165, 1.54) is 4.90 Å². The summed E-state index contributed by atoms with van der Waals surface area (Å²) in [7, 11) is 0. The van der Waals surface area contributed by atoms with E-state index in [2.05, 4.69) is 0 Å². The van der Waals surface area contributed by atoms with Gasteiger partial charge in [-0.25, -0.2) is 9.59 Å². The molecular formula is C15H27NO5. The number of nitrogens with zero attached hydrogens (tertiary/aromatic N) is 1. The zero-order chi connectivity index (χ0) is 16.5. The Balaban J connectivity index is 2.98. The molecule has 6 nitrogen and oxygen atoms in total. The number of esters is 1. The number of ether oxygens (including phenoxy) is 2. The van der Waals surface area contributed by atoms with Gasteiger partial charge in [-0.2, -0.15) is 0 Å². The Labute approximate surface area is 126 Å². The van der Waals surface area contributed by atoms with Gasteiger partial charge in [-0.1, -0.05) is 0 Å². The molecule has 122 valence electrons. The summed E-state index contributed by atoms with van der Waals surface area (Å²) in [6, 6.07) is 0. The number of hydrogen-bond donors (Lipinski definition) is 1. The summed E-state index contributed by atoms with van der Waals surface area (Å²) in [6.07, 6.45) is 0.399. The van der Waals surface area contributed by atoms with E-state index in [9.17, 15) is 14.7 Å². The molecule has 0 aromatic rings. The summed E-state index contributed by atoms with van der Waals surface area (Å²) < 4.78 is 10.7. The molecule has 1 saturated heterocycles. The fourth-order valence-corrected chi connectivity index (χ4v) is 2.28. The van der Waals surface area contributed by atoms with Crippen LogP contribution in [-0.2, 0) is 14.3 Å². The summed E-state index contributed by atoms with van der Waals surface area (Å²) >= 11 is 0. The number of aliphatic hydroxyl groups excluding tert-OH is 1. The maximum atomic E-state index is 12.5. The number of likely N-dealkylation sites (tertiary alicyclic amines) is 1. The van der Waals surface area contributed by atoms with Gasteiger partial charge in [0.05, 0.1) is 6.61 Å². The van der Waals surface area contributed by atoms with E-state index in [-0.39, 0.29) is 0 Å². The second-order valence-corrected chi connectivity index (χ2v) is 7.43. The average molecular weight is 301 g/mol. The Morgan fingerprint density at radius 3 is 2.05 bits per heavy atom. The van der Waals surface area contributed by atoms with E-state index < -0.39 is 35.4 Å². The van der Waals surface area contributed by atoms with E-state index >= 15 is 0 Å². The molecule has 1 rings (SSSR count). The maximum Gasteiger partial charge on any atom is 0.411 e. The van der Waals surface area contributed by atoms with Gasteiger partial charge in [-0.15, -0.1) is 0 Å². The minimum Gasteiger partial charge on any atom is -0.458 e. The van der Waals surface area contributed by atoms with Crippen LogP contribution in [0.1, 0.15) is 54.4 Å². The van der Waals surface area contributed by atoms with Crippen LogP contribution in [0.2, 0.25) is 0 Å². The molecule has 1 amide bonds. The summed E-state index contributed by atoms with van der Waals surface area (Å²) in [5.74, 6) is -0.583. The SMILES string of the molecule is CC(C)(C)OC(=O)N1CCC[C@@]1(CO)C(=O)OC(C)(C)C. The van der Waals surface area contributed by atoms with Gasteiger partial charge in [0.1, 0.15) is 11.2 Å². The topological polar surface area (TPSA) is 76.1 Å². The molecule has 0 radical (unpaired) electrons. The molecule has 1 fully saturated rings. The first kappa shape index (κ1) is 17.8. The zero-order valence-corrected chi connectivity index (χ0v) is 13.9. The van der Waals surface area contributed by atoms with Gasteiger partial charge >= 0.3 is 12.1 Å². The first-order chi connectivity index (χ1) is 9.41. The molecule has 0 saturated carbocycles. The number of hydrogen-bond acceptors (Lipinski definition) is 5. The first-order valence-electron chi connectivity index (χ1n) is 7.26. The highest BCUT2D eigenvalue weighted by Gasteiger charge is 2.52. The second kappa shape index (κ2) is 5.83. The quantitative estimate of drug-likeness (QED) is 0.790. The third-order valence-electron chi connectivity index (χ3n) is 3.14. The molecule has 0 spiro atoms. The van der Waals surface area contributed by atoms with Gasteiger partial charge in [0, 0.05) is 6.54 Å². The van der Waals surface area contributed by atoms with Gasteiger partial charge in [0.25, 0.3) is 0 Å². The lowest BCUT2D eigenvalue weighted by molar-refractivity contribution is -0.170. The lowest BCUT2D eigenvalue weighted by atomic mass is 9.97. The molecule has 21 heavy (non-hydrogen) atoms. The van der Waals surface area contributed by atoms with E-state index in [4.69, 9.17) is 9.47 Å². The van der Waals surface area contributed by atoms with Crippen LogP contribution in [-0.4, -0.2) is 52.0 Å². The van der Waals surface area contributed by atoms with Crippen LogP contribution in [0.15, 0.2) is 0 Å². The molecular weight excluding hydrogens is 274 g/mol. The highest BCUT2D eigenvalue weighted by Crippen LogP contribution is 2.33. The standard InChI is InChI=1S/C15H27NO5/c1-13(2,3)20-11(18)15(10-17)8-7-9-16(15)12(19)21-14(4,5)6/h17H,7-10H2,1-6H3/t15-/m1/s1. The van der Waals surface area contributed by atoms with Gasteiger partial charge in [-0.05, 0) is 54.4 Å². The van der Waals surface area contributed by atoms with Gasteiger partial charge in [0.2, 0.25) is 0 Å². The van der Waals surface area contributed by atoms with Gasteiger partial charge in [0.15, 0.2) is 5.54 Å². The Bertz CT molecular complexity index is 407. The number of carbonyl (C=O) groups is 2. The van der Waals surface area contributed by atoms with Crippen LogP contribution >= 0.6 is 0 Å². The third kappa shape index (κ3) is 4.33. The second-order valence-electron chi connectivity index (χ2n) is 7.43. The van der Waals surface area contributed by atoms with Crippen molar-refractivity contribution >= 4 is 12.1 Å². The van der Waals surface area contributed by atoms with Crippen molar-refractivity contribution < 1.29 is 24.2 Å². The van der Waals surface area contributed by atoms with Crippen molar-refractivity contribution in [3.63, 3.8) is 0 Å². The van der Waals surface area contributed by atoms with Crippen LogP contribution in [0, 0.1) is 0 Å². The summed E-state index contributed by atoms with van der Waals surface area (Å²) in [5.41, 5.74) is -2.67. The van der Waals surface area contributed by atoms with E-state index in [0.717, 1.165) is 0 Å². The van der Waals surface area contributed by atoms with Crippen LogP contribution in [0.25, 0.3) is 0 Å². The lowest BCUT2D eigenvalue weighted by Crippen LogP contribution is -2.58. The first-order valence-corrected chi connectivity index (χ1v) is 7.26. The smallest absolute Gasteiger partial charge is 0.411 e. The van der Waals surface area contributed by atoms with Crippen LogP contribution < -0.4 is 0 Å². The molecule has 0 aliphatic carbocycles. The molecule has 1 atom stereocenters. The maximum absolute atomic E-state index is 12.5. The fraction of sp³-hybridized carbons (Fsp3) is 0.867. The zero-order valence-electron chi connectivity index (χ0n) is 13.9. The van der Waals surface area contributed by atoms with Crippen LogP contribution in [0.3, 0.4) is 0 Å².